The van der Waals surface area contributed by atoms with Gasteiger partial charge in [0.15, 0.2) is 0 Å². The number of carboxylic acid groups (broad SMARTS) is 1. The third-order valence-electron chi connectivity index (χ3n) is 2.37. The van der Waals surface area contributed by atoms with Gasteiger partial charge in [-0.3, -0.25) is 0 Å². The summed E-state index contributed by atoms with van der Waals surface area (Å²) in [6.07, 6.45) is 0. The summed E-state index contributed by atoms with van der Waals surface area (Å²) in [6, 6.07) is 4.94. The molecule has 0 saturated heterocycles. The van der Waals surface area contributed by atoms with Crippen molar-refractivity contribution in [3.63, 3.8) is 0 Å². The molecule has 0 aliphatic carbocycles. The van der Waals surface area contributed by atoms with Gasteiger partial charge in [-0.05, 0) is 18.1 Å². The fraction of sp³-hybridized carbons (Fsp3) is 0.333. The summed E-state index contributed by atoms with van der Waals surface area (Å²) >= 11 is 0. The second kappa shape index (κ2) is 5.30. The minimum Gasteiger partial charge on any atom is -0.480 e. The van der Waals surface area contributed by atoms with E-state index in [1.807, 2.05) is 0 Å². The van der Waals surface area contributed by atoms with Crippen molar-refractivity contribution in [1.29, 1.82) is 5.26 Å². The molecule has 0 aliphatic heterocycles. The number of hydrogen-bond donors (Lipinski definition) is 2. The van der Waals surface area contributed by atoms with Crippen LogP contribution in [0.3, 0.4) is 0 Å². The second-order valence-corrected chi connectivity index (χ2v) is 3.98. The highest BCUT2D eigenvalue weighted by atomic mass is 19.1. The highest BCUT2D eigenvalue weighted by Crippen LogP contribution is 2.20. The van der Waals surface area contributed by atoms with Crippen molar-refractivity contribution in [2.24, 2.45) is 5.92 Å². The maximum Gasteiger partial charge on any atom is 0.326 e. The number of nitriles is 1. The first kappa shape index (κ1) is 13.0. The van der Waals surface area contributed by atoms with Crippen molar-refractivity contribution < 1.29 is 14.3 Å². The number of rotatable bonds is 4. The summed E-state index contributed by atoms with van der Waals surface area (Å²) in [5.74, 6) is -1.87. The minimum absolute atomic E-state index is 0.167. The minimum atomic E-state index is -1.03. The van der Waals surface area contributed by atoms with Crippen LogP contribution < -0.4 is 5.32 Å². The van der Waals surface area contributed by atoms with Crippen molar-refractivity contribution in [3.8, 4) is 6.07 Å². The molecule has 0 spiro atoms. The zero-order valence-electron chi connectivity index (χ0n) is 9.57. The summed E-state index contributed by atoms with van der Waals surface area (Å²) in [6.45, 7) is 3.47. The zero-order chi connectivity index (χ0) is 13.0. The van der Waals surface area contributed by atoms with Gasteiger partial charge >= 0.3 is 5.97 Å². The predicted molar refractivity (Wildman–Crippen MR) is 61.0 cm³/mol. The van der Waals surface area contributed by atoms with Gasteiger partial charge in [0.25, 0.3) is 0 Å². The lowest BCUT2D eigenvalue weighted by molar-refractivity contribution is -0.138. The Kier molecular flexibility index (Phi) is 4.05. The molecule has 1 unspecified atom stereocenters. The molecule has 2 N–H and O–H groups in total. The van der Waals surface area contributed by atoms with Crippen LogP contribution in [0.15, 0.2) is 18.2 Å². The van der Waals surface area contributed by atoms with E-state index >= 15 is 0 Å². The first-order valence-electron chi connectivity index (χ1n) is 5.15. The largest absolute Gasteiger partial charge is 0.480 e. The Hall–Kier alpha value is -2.09. The number of aliphatic carboxylic acids is 1. The van der Waals surface area contributed by atoms with Gasteiger partial charge in [-0.15, -0.1) is 0 Å². The van der Waals surface area contributed by atoms with Gasteiger partial charge in [-0.25, -0.2) is 9.18 Å². The second-order valence-electron chi connectivity index (χ2n) is 3.98. The molecule has 0 heterocycles. The average molecular weight is 236 g/mol. The molecule has 4 nitrogen and oxygen atoms in total. The molecule has 1 rings (SSSR count). The average Bonchev–Trinajstić information content (AvgIpc) is 2.25. The lowest BCUT2D eigenvalue weighted by Gasteiger charge is -2.19. The van der Waals surface area contributed by atoms with E-state index in [1.54, 1.807) is 19.9 Å². The topological polar surface area (TPSA) is 73.1 Å². The van der Waals surface area contributed by atoms with E-state index in [0.717, 1.165) is 6.07 Å². The number of nitrogens with one attached hydrogen (secondary N) is 1. The third-order valence-corrected chi connectivity index (χ3v) is 2.37. The molecular formula is C12H13FN2O2. The Morgan fingerprint density at radius 3 is 2.65 bits per heavy atom. The first-order chi connectivity index (χ1) is 7.97. The van der Waals surface area contributed by atoms with Crippen LogP contribution in [0.25, 0.3) is 0 Å². The first-order valence-corrected chi connectivity index (χ1v) is 5.15. The molecule has 1 aromatic rings. The molecule has 0 aliphatic rings. The smallest absolute Gasteiger partial charge is 0.326 e. The van der Waals surface area contributed by atoms with Crippen molar-refractivity contribution in [2.75, 3.05) is 5.32 Å². The predicted octanol–water partition coefficient (Wildman–Crippen LogP) is 2.22. The molecule has 0 saturated carbocycles. The van der Waals surface area contributed by atoms with E-state index in [2.05, 4.69) is 5.32 Å². The van der Waals surface area contributed by atoms with E-state index in [1.165, 1.54) is 12.1 Å². The highest BCUT2D eigenvalue weighted by molar-refractivity contribution is 5.78. The fourth-order valence-electron chi connectivity index (χ4n) is 1.44. The van der Waals surface area contributed by atoms with Crippen LogP contribution in [0.5, 0.6) is 0 Å². The monoisotopic (exact) mass is 236 g/mol. The zero-order valence-corrected chi connectivity index (χ0v) is 9.57. The van der Waals surface area contributed by atoms with E-state index in [4.69, 9.17) is 10.4 Å². The highest BCUT2D eigenvalue weighted by Gasteiger charge is 2.22. The summed E-state index contributed by atoms with van der Waals surface area (Å²) in [4.78, 5) is 11.0. The van der Waals surface area contributed by atoms with Gasteiger partial charge in [0.2, 0.25) is 0 Å². The molecule has 1 aromatic carbocycles. The van der Waals surface area contributed by atoms with Crippen molar-refractivity contribution in [3.05, 3.63) is 29.6 Å². The molecule has 1 atom stereocenters. The number of carbonyl (C=O) groups is 1. The maximum absolute atomic E-state index is 13.3. The van der Waals surface area contributed by atoms with Crippen molar-refractivity contribution in [2.45, 2.75) is 19.9 Å². The quantitative estimate of drug-likeness (QED) is 0.840. The summed E-state index contributed by atoms with van der Waals surface area (Å²) < 4.78 is 13.3. The Balaban J connectivity index is 3.06. The molecule has 0 bridgehead atoms. The van der Waals surface area contributed by atoms with Gasteiger partial charge in [-0.1, -0.05) is 19.9 Å². The SMILES string of the molecule is CC(C)C(Nc1cccc(F)c1C#N)C(=O)O. The molecule has 0 amide bonds. The Labute approximate surface area is 98.7 Å². The number of anilines is 1. The maximum atomic E-state index is 13.3. The standard InChI is InChI=1S/C12H13FN2O2/c1-7(2)11(12(16)17)15-10-5-3-4-9(13)8(10)6-14/h3-5,7,11,15H,1-2H3,(H,16,17). The van der Waals surface area contributed by atoms with Crippen LogP contribution in [0, 0.1) is 23.1 Å². The Morgan fingerprint density at radius 1 is 1.53 bits per heavy atom. The van der Waals surface area contributed by atoms with E-state index in [-0.39, 0.29) is 17.2 Å². The van der Waals surface area contributed by atoms with Crippen LogP contribution in [-0.4, -0.2) is 17.1 Å². The fourth-order valence-corrected chi connectivity index (χ4v) is 1.44. The molecule has 0 fully saturated rings. The van der Waals surface area contributed by atoms with Gasteiger partial charge in [0.1, 0.15) is 23.5 Å². The van der Waals surface area contributed by atoms with Crippen LogP contribution in [0.1, 0.15) is 19.4 Å². The van der Waals surface area contributed by atoms with Crippen LogP contribution in [-0.2, 0) is 4.79 Å². The normalized spacial score (nSPS) is 11.9. The number of nitrogens with zero attached hydrogens (tertiary/aromatic N) is 1. The van der Waals surface area contributed by atoms with Crippen LogP contribution in [0.2, 0.25) is 0 Å². The van der Waals surface area contributed by atoms with E-state index in [9.17, 15) is 9.18 Å². The van der Waals surface area contributed by atoms with Crippen molar-refractivity contribution in [1.82, 2.24) is 0 Å². The van der Waals surface area contributed by atoms with Gasteiger partial charge in [-0.2, -0.15) is 5.26 Å². The number of halogens is 1. The number of hydrogen-bond acceptors (Lipinski definition) is 3. The summed E-state index contributed by atoms with van der Waals surface area (Å²) in [5.41, 5.74) is 0.0352. The molecule has 17 heavy (non-hydrogen) atoms. The lowest BCUT2D eigenvalue weighted by atomic mass is 10.0. The molecule has 0 aromatic heterocycles. The molecule has 0 radical (unpaired) electrons. The van der Waals surface area contributed by atoms with Crippen molar-refractivity contribution >= 4 is 11.7 Å². The van der Waals surface area contributed by atoms with E-state index < -0.39 is 17.8 Å². The molecule has 90 valence electrons. The van der Waals surface area contributed by atoms with Gasteiger partial charge < -0.3 is 10.4 Å². The van der Waals surface area contributed by atoms with Crippen LogP contribution >= 0.6 is 0 Å². The van der Waals surface area contributed by atoms with E-state index in [0.29, 0.717) is 0 Å². The van der Waals surface area contributed by atoms with Gasteiger partial charge in [0, 0.05) is 0 Å². The summed E-state index contributed by atoms with van der Waals surface area (Å²) in [5, 5.41) is 20.5. The number of benzene rings is 1. The third kappa shape index (κ3) is 2.94. The lowest BCUT2D eigenvalue weighted by Crippen LogP contribution is -2.34. The Bertz CT molecular complexity index is 466. The summed E-state index contributed by atoms with van der Waals surface area (Å²) in [7, 11) is 0. The van der Waals surface area contributed by atoms with Crippen LogP contribution in [0.4, 0.5) is 10.1 Å². The van der Waals surface area contributed by atoms with Gasteiger partial charge in [0.05, 0.1) is 5.69 Å². The molecule has 5 heteroatoms. The molecular weight excluding hydrogens is 223 g/mol. The Morgan fingerprint density at radius 2 is 2.18 bits per heavy atom. The number of carboxylic acids is 1.